The van der Waals surface area contributed by atoms with E-state index in [2.05, 4.69) is 5.32 Å². The number of nitrogens with zero attached hydrogens (tertiary/aromatic N) is 1. The molecule has 104 valence electrons. The van der Waals surface area contributed by atoms with Crippen LogP contribution in [0.1, 0.15) is 18.5 Å². The summed E-state index contributed by atoms with van der Waals surface area (Å²) in [5.41, 5.74) is 1.63. The average molecular weight is 272 g/mol. The summed E-state index contributed by atoms with van der Waals surface area (Å²) >= 11 is 0. The molecule has 1 unspecified atom stereocenters. The summed E-state index contributed by atoms with van der Waals surface area (Å²) in [6.07, 6.45) is 0. The number of benzene rings is 2. The fourth-order valence-corrected chi connectivity index (χ4v) is 1.87. The largest absolute Gasteiger partial charge is 0.322 e. The van der Waals surface area contributed by atoms with Gasteiger partial charge in [0.25, 0.3) is 0 Å². The van der Waals surface area contributed by atoms with Crippen molar-refractivity contribution >= 4 is 11.7 Å². The molecule has 1 N–H and O–H groups in total. The number of anilines is 1. The summed E-state index contributed by atoms with van der Waals surface area (Å²) in [6, 6.07) is 15.1. The van der Waals surface area contributed by atoms with Crippen molar-refractivity contribution in [2.24, 2.45) is 0 Å². The summed E-state index contributed by atoms with van der Waals surface area (Å²) < 4.78 is 12.9. The van der Waals surface area contributed by atoms with Gasteiger partial charge in [-0.3, -0.25) is 0 Å². The zero-order chi connectivity index (χ0) is 14.5. The Balaban J connectivity index is 2.04. The van der Waals surface area contributed by atoms with E-state index in [0.717, 1.165) is 11.3 Å². The van der Waals surface area contributed by atoms with Crippen LogP contribution in [0.5, 0.6) is 0 Å². The molecule has 0 fully saturated rings. The van der Waals surface area contributed by atoms with Crippen molar-refractivity contribution in [1.82, 2.24) is 4.90 Å². The van der Waals surface area contributed by atoms with Crippen molar-refractivity contribution in [2.75, 3.05) is 12.4 Å². The SMILES string of the molecule is CC(c1ccc(F)cc1)N(C)C(=O)Nc1ccccc1. The number of hydrogen-bond donors (Lipinski definition) is 1. The standard InChI is InChI=1S/C16H17FN2O/c1-12(13-8-10-14(17)11-9-13)19(2)16(20)18-15-6-4-3-5-7-15/h3-12H,1-2H3,(H,18,20). The predicted molar refractivity (Wildman–Crippen MR) is 78.0 cm³/mol. The lowest BCUT2D eigenvalue weighted by Crippen LogP contribution is -2.33. The Morgan fingerprint density at radius 1 is 1.10 bits per heavy atom. The van der Waals surface area contributed by atoms with E-state index in [1.165, 1.54) is 12.1 Å². The highest BCUT2D eigenvalue weighted by atomic mass is 19.1. The minimum Gasteiger partial charge on any atom is -0.321 e. The first-order valence-corrected chi connectivity index (χ1v) is 6.42. The summed E-state index contributed by atoms with van der Waals surface area (Å²) in [7, 11) is 1.71. The van der Waals surface area contributed by atoms with Crippen molar-refractivity contribution in [1.29, 1.82) is 0 Å². The molecular formula is C16H17FN2O. The van der Waals surface area contributed by atoms with Crippen LogP contribution < -0.4 is 5.32 Å². The number of para-hydroxylation sites is 1. The maximum Gasteiger partial charge on any atom is 0.322 e. The van der Waals surface area contributed by atoms with Crippen LogP contribution in [0.25, 0.3) is 0 Å². The van der Waals surface area contributed by atoms with Crippen molar-refractivity contribution in [2.45, 2.75) is 13.0 Å². The molecule has 0 aromatic heterocycles. The highest BCUT2D eigenvalue weighted by Gasteiger charge is 2.17. The second-order valence-corrected chi connectivity index (χ2v) is 4.63. The number of halogens is 1. The molecule has 0 aliphatic heterocycles. The number of urea groups is 1. The zero-order valence-corrected chi connectivity index (χ0v) is 11.5. The van der Waals surface area contributed by atoms with E-state index in [-0.39, 0.29) is 17.9 Å². The van der Waals surface area contributed by atoms with E-state index in [4.69, 9.17) is 0 Å². The van der Waals surface area contributed by atoms with Crippen LogP contribution in [0.3, 0.4) is 0 Å². The minimum absolute atomic E-state index is 0.140. The van der Waals surface area contributed by atoms with Crippen molar-refractivity contribution in [3.63, 3.8) is 0 Å². The van der Waals surface area contributed by atoms with Crippen LogP contribution in [-0.2, 0) is 0 Å². The van der Waals surface area contributed by atoms with E-state index < -0.39 is 0 Å². The maximum absolute atomic E-state index is 12.9. The molecule has 0 aliphatic carbocycles. The first kappa shape index (κ1) is 14.1. The molecule has 0 saturated carbocycles. The molecule has 0 bridgehead atoms. The van der Waals surface area contributed by atoms with Gasteiger partial charge in [0.2, 0.25) is 0 Å². The Kier molecular flexibility index (Phi) is 4.35. The second kappa shape index (κ2) is 6.19. The molecule has 2 amide bonds. The van der Waals surface area contributed by atoms with Gasteiger partial charge in [0, 0.05) is 12.7 Å². The monoisotopic (exact) mass is 272 g/mol. The van der Waals surface area contributed by atoms with Crippen molar-refractivity contribution in [3.8, 4) is 0 Å². The minimum atomic E-state index is -0.280. The first-order valence-electron chi connectivity index (χ1n) is 6.42. The Bertz CT molecular complexity index is 569. The van der Waals surface area contributed by atoms with Crippen molar-refractivity contribution < 1.29 is 9.18 Å². The fourth-order valence-electron chi connectivity index (χ4n) is 1.87. The summed E-state index contributed by atoms with van der Waals surface area (Å²) in [5.74, 6) is -0.280. The molecule has 0 radical (unpaired) electrons. The molecule has 1 atom stereocenters. The number of nitrogens with one attached hydrogen (secondary N) is 1. The number of carbonyl (C=O) groups excluding carboxylic acids is 1. The number of amides is 2. The maximum atomic E-state index is 12.9. The summed E-state index contributed by atoms with van der Waals surface area (Å²) in [5, 5.41) is 2.82. The van der Waals surface area contributed by atoms with Gasteiger partial charge in [-0.2, -0.15) is 0 Å². The molecule has 20 heavy (non-hydrogen) atoms. The normalized spacial score (nSPS) is 11.8. The highest BCUT2D eigenvalue weighted by molar-refractivity contribution is 5.89. The molecule has 0 aliphatic rings. The van der Waals surface area contributed by atoms with Gasteiger partial charge in [0.05, 0.1) is 6.04 Å². The zero-order valence-electron chi connectivity index (χ0n) is 11.5. The topological polar surface area (TPSA) is 32.3 Å². The first-order chi connectivity index (χ1) is 9.58. The van der Waals surface area contributed by atoms with E-state index in [1.54, 1.807) is 24.1 Å². The smallest absolute Gasteiger partial charge is 0.321 e. The van der Waals surface area contributed by atoms with Crippen LogP contribution >= 0.6 is 0 Å². The third kappa shape index (κ3) is 3.35. The van der Waals surface area contributed by atoms with Crippen molar-refractivity contribution in [3.05, 3.63) is 66.0 Å². The molecular weight excluding hydrogens is 255 g/mol. The van der Waals surface area contributed by atoms with Gasteiger partial charge < -0.3 is 10.2 Å². The Morgan fingerprint density at radius 2 is 1.70 bits per heavy atom. The van der Waals surface area contributed by atoms with Gasteiger partial charge >= 0.3 is 6.03 Å². The Hall–Kier alpha value is -2.36. The molecule has 2 rings (SSSR count). The lowest BCUT2D eigenvalue weighted by atomic mass is 10.1. The Morgan fingerprint density at radius 3 is 2.30 bits per heavy atom. The van der Waals surface area contributed by atoms with E-state index in [9.17, 15) is 9.18 Å². The van der Waals surface area contributed by atoms with E-state index in [0.29, 0.717) is 0 Å². The van der Waals surface area contributed by atoms with Gasteiger partial charge in [0.15, 0.2) is 0 Å². The average Bonchev–Trinajstić information content (AvgIpc) is 2.47. The number of carbonyl (C=O) groups is 1. The molecule has 0 saturated heterocycles. The third-order valence-corrected chi connectivity index (χ3v) is 3.28. The quantitative estimate of drug-likeness (QED) is 0.898. The van der Waals surface area contributed by atoms with Gasteiger partial charge in [0.1, 0.15) is 5.82 Å². The lowest BCUT2D eigenvalue weighted by Gasteiger charge is -2.25. The summed E-state index contributed by atoms with van der Waals surface area (Å²) in [6.45, 7) is 1.90. The molecule has 2 aromatic carbocycles. The number of rotatable bonds is 3. The van der Waals surface area contributed by atoms with E-state index in [1.807, 2.05) is 37.3 Å². The molecule has 2 aromatic rings. The number of hydrogen-bond acceptors (Lipinski definition) is 1. The summed E-state index contributed by atoms with van der Waals surface area (Å²) in [4.78, 5) is 13.7. The lowest BCUT2D eigenvalue weighted by molar-refractivity contribution is 0.208. The third-order valence-electron chi connectivity index (χ3n) is 3.28. The fraction of sp³-hybridized carbons (Fsp3) is 0.188. The second-order valence-electron chi connectivity index (χ2n) is 4.63. The van der Waals surface area contributed by atoms with Gasteiger partial charge in [-0.1, -0.05) is 30.3 Å². The van der Waals surface area contributed by atoms with Crippen LogP contribution in [0, 0.1) is 5.82 Å². The molecule has 3 nitrogen and oxygen atoms in total. The van der Waals surface area contributed by atoms with E-state index >= 15 is 0 Å². The van der Waals surface area contributed by atoms with Crippen LogP contribution in [-0.4, -0.2) is 18.0 Å². The van der Waals surface area contributed by atoms with Gasteiger partial charge in [-0.15, -0.1) is 0 Å². The van der Waals surface area contributed by atoms with Crippen LogP contribution in [0.4, 0.5) is 14.9 Å². The molecule has 0 spiro atoms. The predicted octanol–water partition coefficient (Wildman–Crippen LogP) is 4.05. The van der Waals surface area contributed by atoms with Gasteiger partial charge in [-0.05, 0) is 36.8 Å². The van der Waals surface area contributed by atoms with Gasteiger partial charge in [-0.25, -0.2) is 9.18 Å². The Labute approximate surface area is 118 Å². The van der Waals surface area contributed by atoms with Crippen LogP contribution in [0.15, 0.2) is 54.6 Å². The molecule has 4 heteroatoms. The highest BCUT2D eigenvalue weighted by Crippen LogP contribution is 2.20. The molecule has 0 heterocycles. The van der Waals surface area contributed by atoms with Crippen LogP contribution in [0.2, 0.25) is 0 Å².